The van der Waals surface area contributed by atoms with Gasteiger partial charge in [-0.3, -0.25) is 4.79 Å². The van der Waals surface area contributed by atoms with Crippen LogP contribution in [0.3, 0.4) is 0 Å². The molecule has 27 heavy (non-hydrogen) atoms. The number of carbonyl (C=O) groups is 1. The second-order valence-electron chi connectivity index (χ2n) is 6.80. The molecule has 0 radical (unpaired) electrons. The summed E-state index contributed by atoms with van der Waals surface area (Å²) in [6, 6.07) is 16.1. The number of benzene rings is 2. The Balaban J connectivity index is 1.74. The second kappa shape index (κ2) is 9.00. The number of aromatic nitrogens is 1. The van der Waals surface area contributed by atoms with Gasteiger partial charge in [-0.2, -0.15) is 0 Å². The molecule has 1 amide bonds. The van der Waals surface area contributed by atoms with Crippen LogP contribution in [0.5, 0.6) is 0 Å². The maximum atomic E-state index is 12.8. The summed E-state index contributed by atoms with van der Waals surface area (Å²) in [6.07, 6.45) is 2.40. The number of hydrogen-bond donors (Lipinski definition) is 3. The molecule has 3 N–H and O–H groups in total. The molecule has 1 atom stereocenters. The summed E-state index contributed by atoms with van der Waals surface area (Å²) in [5.74, 6) is 1.01. The topological polar surface area (TPSA) is 56.9 Å². The van der Waals surface area contributed by atoms with Crippen LogP contribution in [0.15, 0.2) is 48.5 Å². The van der Waals surface area contributed by atoms with Crippen LogP contribution in [0.25, 0.3) is 10.9 Å². The van der Waals surface area contributed by atoms with E-state index in [-0.39, 0.29) is 11.9 Å². The standard InChI is InChI=1S/C22H27N3OS/c1-4-5-13-27-25-18-11-12-20-19(14-18)15(2)21(24-20)22(26)23-16(3)17-9-7-6-8-10-17/h6-12,14,16,24-25H,4-5,13H2,1-3H3,(H,23,26). The summed E-state index contributed by atoms with van der Waals surface area (Å²) in [6.45, 7) is 6.19. The highest BCUT2D eigenvalue weighted by molar-refractivity contribution is 8.00. The lowest BCUT2D eigenvalue weighted by atomic mass is 10.1. The van der Waals surface area contributed by atoms with E-state index in [4.69, 9.17) is 0 Å². The molecule has 0 fully saturated rings. The molecule has 4 nitrogen and oxygen atoms in total. The van der Waals surface area contributed by atoms with Crippen molar-refractivity contribution >= 4 is 34.4 Å². The predicted molar refractivity (Wildman–Crippen MR) is 116 cm³/mol. The lowest BCUT2D eigenvalue weighted by Crippen LogP contribution is -2.27. The maximum absolute atomic E-state index is 12.8. The van der Waals surface area contributed by atoms with Gasteiger partial charge in [0.1, 0.15) is 5.69 Å². The Labute approximate surface area is 165 Å². The minimum Gasteiger partial charge on any atom is -0.350 e. The van der Waals surface area contributed by atoms with Crippen molar-refractivity contribution in [2.45, 2.75) is 39.7 Å². The largest absolute Gasteiger partial charge is 0.350 e. The van der Waals surface area contributed by atoms with Crippen LogP contribution in [-0.2, 0) is 0 Å². The van der Waals surface area contributed by atoms with Crippen LogP contribution in [0.2, 0.25) is 0 Å². The number of carbonyl (C=O) groups excluding carboxylic acids is 1. The van der Waals surface area contributed by atoms with E-state index in [1.54, 1.807) is 11.9 Å². The van der Waals surface area contributed by atoms with Crippen molar-refractivity contribution in [3.8, 4) is 0 Å². The lowest BCUT2D eigenvalue weighted by Gasteiger charge is -2.14. The number of nitrogens with one attached hydrogen (secondary N) is 3. The molecule has 0 aliphatic heterocycles. The highest BCUT2D eigenvalue weighted by atomic mass is 32.2. The van der Waals surface area contributed by atoms with Crippen LogP contribution < -0.4 is 10.0 Å². The number of aromatic amines is 1. The van der Waals surface area contributed by atoms with E-state index in [0.29, 0.717) is 5.69 Å². The van der Waals surface area contributed by atoms with Crippen molar-refractivity contribution in [1.29, 1.82) is 0 Å². The van der Waals surface area contributed by atoms with E-state index in [1.165, 1.54) is 12.8 Å². The molecule has 1 aromatic heterocycles. The van der Waals surface area contributed by atoms with Gasteiger partial charge in [-0.15, -0.1) is 0 Å². The first-order chi connectivity index (χ1) is 13.1. The SMILES string of the molecule is CCCCSNc1ccc2[nH]c(C(=O)NC(C)c3ccccc3)c(C)c2c1. The average molecular weight is 382 g/mol. The van der Waals surface area contributed by atoms with Gasteiger partial charge in [-0.1, -0.05) is 55.6 Å². The van der Waals surface area contributed by atoms with Gasteiger partial charge < -0.3 is 15.0 Å². The van der Waals surface area contributed by atoms with Gasteiger partial charge in [0.2, 0.25) is 0 Å². The van der Waals surface area contributed by atoms with Gasteiger partial charge in [-0.05, 0) is 49.6 Å². The number of anilines is 1. The maximum Gasteiger partial charge on any atom is 0.268 e. The van der Waals surface area contributed by atoms with Crippen molar-refractivity contribution in [3.05, 3.63) is 65.4 Å². The van der Waals surface area contributed by atoms with Gasteiger partial charge in [0.05, 0.1) is 6.04 Å². The van der Waals surface area contributed by atoms with Crippen molar-refractivity contribution in [2.75, 3.05) is 10.5 Å². The molecule has 1 heterocycles. The third-order valence-electron chi connectivity index (χ3n) is 4.72. The fourth-order valence-electron chi connectivity index (χ4n) is 3.06. The number of fused-ring (bicyclic) bond motifs is 1. The number of amides is 1. The van der Waals surface area contributed by atoms with Crippen LogP contribution in [0.4, 0.5) is 5.69 Å². The monoisotopic (exact) mass is 381 g/mol. The molecule has 0 saturated heterocycles. The first kappa shape index (κ1) is 19.4. The van der Waals surface area contributed by atoms with Gasteiger partial charge in [0.25, 0.3) is 5.91 Å². The fraction of sp³-hybridized carbons (Fsp3) is 0.318. The molecule has 0 aliphatic rings. The van der Waals surface area contributed by atoms with Gasteiger partial charge in [0, 0.05) is 22.3 Å². The fourth-order valence-corrected chi connectivity index (χ4v) is 3.89. The summed E-state index contributed by atoms with van der Waals surface area (Å²) in [5.41, 5.74) is 4.74. The first-order valence-electron chi connectivity index (χ1n) is 9.46. The molecule has 5 heteroatoms. The molecule has 142 valence electrons. The summed E-state index contributed by atoms with van der Waals surface area (Å²) in [5, 5.41) is 4.16. The van der Waals surface area contributed by atoms with Crippen molar-refractivity contribution < 1.29 is 4.79 Å². The quantitative estimate of drug-likeness (QED) is 0.340. The zero-order valence-corrected chi connectivity index (χ0v) is 17.0. The third-order valence-corrected chi connectivity index (χ3v) is 5.60. The Bertz CT molecular complexity index is 905. The highest BCUT2D eigenvalue weighted by Gasteiger charge is 2.17. The Morgan fingerprint density at radius 3 is 2.70 bits per heavy atom. The zero-order valence-electron chi connectivity index (χ0n) is 16.1. The molecule has 3 aromatic rings. The average Bonchev–Trinajstić information content (AvgIpc) is 3.02. The molecule has 0 aliphatic carbocycles. The van der Waals surface area contributed by atoms with Crippen molar-refractivity contribution in [3.63, 3.8) is 0 Å². The van der Waals surface area contributed by atoms with Crippen LogP contribution >= 0.6 is 11.9 Å². The summed E-state index contributed by atoms with van der Waals surface area (Å²) >= 11 is 1.72. The van der Waals surface area contributed by atoms with E-state index in [9.17, 15) is 4.79 Å². The molecule has 0 spiro atoms. The molecular weight excluding hydrogens is 354 g/mol. The highest BCUT2D eigenvalue weighted by Crippen LogP contribution is 2.27. The minimum atomic E-state index is -0.0770. The Morgan fingerprint density at radius 2 is 1.96 bits per heavy atom. The minimum absolute atomic E-state index is 0.0447. The van der Waals surface area contributed by atoms with E-state index < -0.39 is 0 Å². The second-order valence-corrected chi connectivity index (χ2v) is 7.70. The molecular formula is C22H27N3OS. The summed E-state index contributed by atoms with van der Waals surface area (Å²) < 4.78 is 3.39. The Morgan fingerprint density at radius 1 is 1.19 bits per heavy atom. The van der Waals surface area contributed by atoms with Gasteiger partial charge in [0.15, 0.2) is 0 Å². The molecule has 0 bridgehead atoms. The van der Waals surface area contributed by atoms with Crippen molar-refractivity contribution in [1.82, 2.24) is 10.3 Å². The summed E-state index contributed by atoms with van der Waals surface area (Å²) in [7, 11) is 0. The van der Waals surface area contributed by atoms with Gasteiger partial charge in [-0.25, -0.2) is 0 Å². The number of aryl methyl sites for hydroxylation is 1. The smallest absolute Gasteiger partial charge is 0.268 e. The molecule has 0 saturated carbocycles. The third kappa shape index (κ3) is 4.66. The molecule has 1 unspecified atom stereocenters. The van der Waals surface area contributed by atoms with Gasteiger partial charge >= 0.3 is 0 Å². The number of hydrogen-bond acceptors (Lipinski definition) is 3. The van der Waals surface area contributed by atoms with E-state index in [0.717, 1.165) is 33.5 Å². The Kier molecular flexibility index (Phi) is 6.45. The van der Waals surface area contributed by atoms with Crippen LogP contribution in [-0.4, -0.2) is 16.6 Å². The summed E-state index contributed by atoms with van der Waals surface area (Å²) in [4.78, 5) is 16.1. The van der Waals surface area contributed by atoms with Crippen molar-refractivity contribution in [2.24, 2.45) is 0 Å². The van der Waals surface area contributed by atoms with E-state index in [2.05, 4.69) is 28.0 Å². The number of rotatable bonds is 8. The van der Waals surface area contributed by atoms with E-state index >= 15 is 0 Å². The molecule has 2 aromatic carbocycles. The normalized spacial score (nSPS) is 12.1. The first-order valence-corrected chi connectivity index (χ1v) is 10.4. The number of H-pyrrole nitrogens is 1. The predicted octanol–water partition coefficient (Wildman–Crippen LogP) is 5.83. The number of unbranched alkanes of at least 4 members (excludes halogenated alkanes) is 1. The van der Waals surface area contributed by atoms with E-state index in [1.807, 2.05) is 56.3 Å². The lowest BCUT2D eigenvalue weighted by molar-refractivity contribution is 0.0935. The van der Waals surface area contributed by atoms with Crippen LogP contribution in [0.1, 0.15) is 54.3 Å². The molecule has 3 rings (SSSR count). The Hall–Kier alpha value is -2.40. The zero-order chi connectivity index (χ0) is 19.2. The van der Waals surface area contributed by atoms with Crippen LogP contribution in [0, 0.1) is 6.92 Å².